The molecule has 7 nitrogen and oxygen atoms in total. The standard InChI is InChI=1S/C22H15N3O4/c26-20-11-4-3-10-19(20)24-21(23-18-9-2-1-8-17(18)22(24)27)13-12-15-6-5-7-16(14-15)25(28)29/h1-14,26H. The minimum absolute atomic E-state index is 0.0308. The van der Waals surface area contributed by atoms with Gasteiger partial charge in [0.15, 0.2) is 0 Å². The normalized spacial score (nSPS) is 11.2. The van der Waals surface area contributed by atoms with Crippen LogP contribution in [0.5, 0.6) is 5.75 Å². The van der Waals surface area contributed by atoms with Gasteiger partial charge < -0.3 is 5.11 Å². The fraction of sp³-hybridized carbons (Fsp3) is 0. The van der Waals surface area contributed by atoms with Gasteiger partial charge in [0.1, 0.15) is 11.6 Å². The number of nitrogens with zero attached hydrogens (tertiary/aromatic N) is 3. The van der Waals surface area contributed by atoms with Gasteiger partial charge in [-0.05, 0) is 35.9 Å². The summed E-state index contributed by atoms with van der Waals surface area (Å²) in [7, 11) is 0. The average molecular weight is 385 g/mol. The summed E-state index contributed by atoms with van der Waals surface area (Å²) in [6, 6.07) is 19.6. The highest BCUT2D eigenvalue weighted by Crippen LogP contribution is 2.23. The van der Waals surface area contributed by atoms with Crippen molar-refractivity contribution in [2.24, 2.45) is 0 Å². The molecule has 0 saturated heterocycles. The molecule has 0 unspecified atom stereocenters. The molecule has 4 aromatic rings. The van der Waals surface area contributed by atoms with Crippen LogP contribution in [0.1, 0.15) is 11.4 Å². The Hall–Kier alpha value is -4.26. The topological polar surface area (TPSA) is 98.3 Å². The molecule has 0 bridgehead atoms. The summed E-state index contributed by atoms with van der Waals surface area (Å²) in [5, 5.41) is 21.7. The Balaban J connectivity index is 1.93. The Bertz CT molecular complexity index is 1330. The Morgan fingerprint density at radius 2 is 1.72 bits per heavy atom. The lowest BCUT2D eigenvalue weighted by Gasteiger charge is -2.12. The number of fused-ring (bicyclic) bond motifs is 1. The van der Waals surface area contributed by atoms with Gasteiger partial charge in [-0.3, -0.25) is 19.5 Å². The van der Waals surface area contributed by atoms with Crippen molar-refractivity contribution in [2.45, 2.75) is 0 Å². The van der Waals surface area contributed by atoms with E-state index in [1.54, 1.807) is 66.7 Å². The van der Waals surface area contributed by atoms with Gasteiger partial charge in [-0.1, -0.05) is 42.5 Å². The van der Waals surface area contributed by atoms with E-state index in [4.69, 9.17) is 0 Å². The molecule has 1 heterocycles. The summed E-state index contributed by atoms with van der Waals surface area (Å²) >= 11 is 0. The number of phenolic OH excluding ortho intramolecular Hbond substituents is 1. The van der Waals surface area contributed by atoms with Crippen molar-refractivity contribution in [2.75, 3.05) is 0 Å². The van der Waals surface area contributed by atoms with Gasteiger partial charge in [0.25, 0.3) is 11.2 Å². The highest BCUT2D eigenvalue weighted by atomic mass is 16.6. The smallest absolute Gasteiger partial charge is 0.270 e. The minimum Gasteiger partial charge on any atom is -0.506 e. The van der Waals surface area contributed by atoms with Crippen LogP contribution in [0.3, 0.4) is 0 Å². The fourth-order valence-corrected chi connectivity index (χ4v) is 3.06. The molecule has 0 saturated carbocycles. The lowest BCUT2D eigenvalue weighted by Crippen LogP contribution is -2.22. The van der Waals surface area contributed by atoms with Crippen LogP contribution in [0, 0.1) is 10.1 Å². The molecule has 0 spiro atoms. The van der Waals surface area contributed by atoms with Crippen molar-refractivity contribution in [1.82, 2.24) is 9.55 Å². The largest absolute Gasteiger partial charge is 0.506 e. The van der Waals surface area contributed by atoms with E-state index in [9.17, 15) is 20.0 Å². The van der Waals surface area contributed by atoms with Gasteiger partial charge in [-0.2, -0.15) is 0 Å². The average Bonchev–Trinajstić information content (AvgIpc) is 2.73. The molecule has 0 fully saturated rings. The van der Waals surface area contributed by atoms with E-state index in [0.717, 1.165) is 0 Å². The molecule has 1 aromatic heterocycles. The minimum atomic E-state index is -0.469. The van der Waals surface area contributed by atoms with E-state index in [1.807, 2.05) is 0 Å². The third kappa shape index (κ3) is 3.49. The molecular formula is C22H15N3O4. The fourth-order valence-electron chi connectivity index (χ4n) is 3.06. The monoisotopic (exact) mass is 385 g/mol. The third-order valence-corrected chi connectivity index (χ3v) is 4.43. The van der Waals surface area contributed by atoms with Crippen molar-refractivity contribution >= 4 is 28.7 Å². The summed E-state index contributed by atoms with van der Waals surface area (Å²) in [6.45, 7) is 0. The number of aromatic nitrogens is 2. The Labute approximate surface area is 165 Å². The zero-order valence-electron chi connectivity index (χ0n) is 15.1. The Morgan fingerprint density at radius 1 is 0.966 bits per heavy atom. The van der Waals surface area contributed by atoms with Crippen molar-refractivity contribution in [3.05, 3.63) is 105 Å². The first-order valence-electron chi connectivity index (χ1n) is 8.77. The second kappa shape index (κ2) is 7.40. The third-order valence-electron chi connectivity index (χ3n) is 4.43. The molecule has 1 N–H and O–H groups in total. The number of hydrogen-bond acceptors (Lipinski definition) is 5. The van der Waals surface area contributed by atoms with Gasteiger partial charge in [-0.15, -0.1) is 0 Å². The molecule has 7 heteroatoms. The number of hydrogen-bond donors (Lipinski definition) is 1. The van der Waals surface area contributed by atoms with Gasteiger partial charge in [0.2, 0.25) is 0 Å². The molecule has 0 aliphatic rings. The van der Waals surface area contributed by atoms with Crippen LogP contribution in [-0.2, 0) is 0 Å². The second-order valence-corrected chi connectivity index (χ2v) is 6.30. The van der Waals surface area contributed by atoms with E-state index < -0.39 is 4.92 Å². The number of para-hydroxylation sites is 3. The van der Waals surface area contributed by atoms with E-state index in [2.05, 4.69) is 4.98 Å². The number of rotatable bonds is 4. The number of phenols is 1. The molecule has 0 aliphatic carbocycles. The van der Waals surface area contributed by atoms with Crippen LogP contribution < -0.4 is 5.56 Å². The molecule has 0 aliphatic heterocycles. The van der Waals surface area contributed by atoms with Crippen molar-refractivity contribution in [3.63, 3.8) is 0 Å². The summed E-state index contributed by atoms with van der Waals surface area (Å²) in [6.07, 6.45) is 3.24. The number of nitro benzene ring substituents is 1. The van der Waals surface area contributed by atoms with Crippen LogP contribution in [0.4, 0.5) is 5.69 Å². The molecular weight excluding hydrogens is 370 g/mol. The molecule has 29 heavy (non-hydrogen) atoms. The summed E-state index contributed by atoms with van der Waals surface area (Å²) < 4.78 is 1.32. The molecule has 4 rings (SSSR count). The predicted molar refractivity (Wildman–Crippen MR) is 111 cm³/mol. The highest BCUT2D eigenvalue weighted by Gasteiger charge is 2.13. The predicted octanol–water partition coefficient (Wildman–Crippen LogP) is 4.17. The van der Waals surface area contributed by atoms with E-state index in [0.29, 0.717) is 28.0 Å². The summed E-state index contributed by atoms with van der Waals surface area (Å²) in [5.41, 5.74) is 1.05. The highest BCUT2D eigenvalue weighted by molar-refractivity contribution is 5.80. The van der Waals surface area contributed by atoms with Gasteiger partial charge >= 0.3 is 0 Å². The number of non-ortho nitro benzene ring substituents is 1. The maximum atomic E-state index is 13.1. The molecule has 142 valence electrons. The number of nitro groups is 1. The van der Waals surface area contributed by atoms with Crippen LogP contribution in [0.2, 0.25) is 0 Å². The summed E-state index contributed by atoms with van der Waals surface area (Å²) in [4.78, 5) is 28.2. The Kier molecular flexibility index (Phi) is 4.62. The molecule has 0 amide bonds. The first kappa shape index (κ1) is 18.1. The van der Waals surface area contributed by atoms with Gasteiger partial charge in [0, 0.05) is 12.1 Å². The zero-order chi connectivity index (χ0) is 20.4. The SMILES string of the molecule is O=c1c2ccccc2nc(C=Cc2cccc([N+](=O)[O-])c2)n1-c1ccccc1O. The first-order valence-corrected chi connectivity index (χ1v) is 8.77. The van der Waals surface area contributed by atoms with E-state index >= 15 is 0 Å². The van der Waals surface area contributed by atoms with E-state index in [1.165, 1.54) is 22.8 Å². The zero-order valence-corrected chi connectivity index (χ0v) is 15.1. The van der Waals surface area contributed by atoms with Gasteiger partial charge in [0.05, 0.1) is 21.5 Å². The Morgan fingerprint density at radius 3 is 2.52 bits per heavy atom. The van der Waals surface area contributed by atoms with Crippen molar-refractivity contribution in [3.8, 4) is 11.4 Å². The summed E-state index contributed by atoms with van der Waals surface area (Å²) in [5.74, 6) is 0.235. The first-order chi connectivity index (χ1) is 14.0. The van der Waals surface area contributed by atoms with Crippen LogP contribution in [-0.4, -0.2) is 19.6 Å². The van der Waals surface area contributed by atoms with Crippen LogP contribution in [0.15, 0.2) is 77.6 Å². The number of aromatic hydroxyl groups is 1. The van der Waals surface area contributed by atoms with Crippen molar-refractivity contribution < 1.29 is 10.0 Å². The molecule has 0 radical (unpaired) electrons. The number of benzene rings is 3. The molecule has 0 atom stereocenters. The quantitative estimate of drug-likeness (QED) is 0.420. The van der Waals surface area contributed by atoms with Crippen molar-refractivity contribution in [1.29, 1.82) is 0 Å². The molecule has 3 aromatic carbocycles. The maximum absolute atomic E-state index is 13.1. The lowest BCUT2D eigenvalue weighted by molar-refractivity contribution is -0.384. The second-order valence-electron chi connectivity index (χ2n) is 6.30. The van der Waals surface area contributed by atoms with E-state index in [-0.39, 0.29) is 17.0 Å². The lowest BCUT2D eigenvalue weighted by atomic mass is 10.1. The van der Waals surface area contributed by atoms with Gasteiger partial charge in [-0.25, -0.2) is 4.98 Å². The van der Waals surface area contributed by atoms with Crippen LogP contribution in [0.25, 0.3) is 28.7 Å². The van der Waals surface area contributed by atoms with Crippen LogP contribution >= 0.6 is 0 Å². The maximum Gasteiger partial charge on any atom is 0.270 e.